The van der Waals surface area contributed by atoms with Crippen LogP contribution in [-0.2, 0) is 21.1 Å². The summed E-state index contributed by atoms with van der Waals surface area (Å²) in [6, 6.07) is 163. The van der Waals surface area contributed by atoms with Crippen molar-refractivity contribution in [1.82, 2.24) is 58.7 Å². The van der Waals surface area contributed by atoms with Crippen LogP contribution >= 0.6 is 15.9 Å². The quantitative estimate of drug-likeness (QED) is 0.0655. The molecule has 0 aliphatic heterocycles. The first-order valence-corrected chi connectivity index (χ1v) is 47.3. The van der Waals surface area contributed by atoms with Gasteiger partial charge in [-0.1, -0.05) is 368 Å². The molecule has 0 unspecified atom stereocenters. The Hall–Kier alpha value is -18.2. The summed E-state index contributed by atoms with van der Waals surface area (Å²) in [5, 5.41) is 37.0. The van der Waals surface area contributed by atoms with E-state index in [9.17, 15) is 5.11 Å². The van der Waals surface area contributed by atoms with Crippen LogP contribution in [0, 0.1) is 12.1 Å². The molecule has 0 spiro atoms. The van der Waals surface area contributed by atoms with Crippen LogP contribution in [0.1, 0.15) is 0 Å². The zero-order valence-corrected chi connectivity index (χ0v) is 81.0. The normalized spacial score (nSPS) is 10.8. The molecule has 6 aromatic heterocycles. The van der Waals surface area contributed by atoms with E-state index in [1.54, 1.807) is 22.9 Å². The number of phenolic OH excluding ortho intramolecular Hbond substituents is 1. The van der Waals surface area contributed by atoms with E-state index in [1.165, 1.54) is 66.8 Å². The molecule has 0 fully saturated rings. The van der Waals surface area contributed by atoms with Gasteiger partial charge in [0.15, 0.2) is 0 Å². The van der Waals surface area contributed by atoms with Crippen LogP contribution in [0.15, 0.2) is 540 Å². The number of aromatic nitrogens is 12. The van der Waals surface area contributed by atoms with Crippen molar-refractivity contribution in [3.63, 3.8) is 0 Å². The molecule has 0 atom stereocenters. The smallest absolute Gasteiger partial charge is 0.509 e. The van der Waals surface area contributed by atoms with Gasteiger partial charge in [-0.15, -0.1) is 36.4 Å². The Balaban J connectivity index is 0.000000122. The molecule has 15 nitrogen and oxygen atoms in total. The maximum atomic E-state index is 9.60. The molecule has 18 aromatic carbocycles. The summed E-state index contributed by atoms with van der Waals surface area (Å²) in [5.74, 6) is 2.82. The maximum Gasteiger partial charge on any atom is 2.00 e. The van der Waals surface area contributed by atoms with E-state index in [4.69, 9.17) is 9.47 Å². The summed E-state index contributed by atoms with van der Waals surface area (Å²) in [6.07, 6.45) is 23.4. The minimum atomic E-state index is 0. The van der Waals surface area contributed by atoms with Crippen molar-refractivity contribution in [2.24, 2.45) is 0 Å². The first-order valence-electron chi connectivity index (χ1n) is 46.5. The summed E-state index contributed by atoms with van der Waals surface area (Å²) in [6.45, 7) is 0. The van der Waals surface area contributed by atoms with Crippen LogP contribution in [0.25, 0.3) is 168 Å². The molecule has 17 heteroatoms. The molecule has 24 rings (SSSR count). The molecular weight excluding hydrogens is 2000 g/mol. The second-order valence-electron chi connectivity index (χ2n) is 33.7. The molecule has 24 aromatic rings. The molecule has 688 valence electrons. The number of rotatable bonds is 22. The second kappa shape index (κ2) is 44.1. The molecular formula is C126H89BrN12O3Pt. The van der Waals surface area contributed by atoms with E-state index in [1.807, 2.05) is 249 Å². The number of hydrogen-bond donors (Lipinski definition) is 1. The van der Waals surface area contributed by atoms with Crippen molar-refractivity contribution in [3.8, 4) is 196 Å². The van der Waals surface area contributed by atoms with Gasteiger partial charge in [0.05, 0.1) is 59.9 Å². The molecule has 0 saturated heterocycles. The van der Waals surface area contributed by atoms with Crippen LogP contribution in [0.5, 0.6) is 28.7 Å². The van der Waals surface area contributed by atoms with Crippen molar-refractivity contribution >= 4 is 15.9 Å². The SMILES string of the molecule is Brc1cccc(-n2cc(-c3ccc(-c4ccccc4)cc3)cn2)c1.Oc1cccc(-n2cc(-c3ccc(-c4ccccc4)cc3)cn2)c1.[Pt+2].[c-]1c(Oc2[c-]c(-n3cc(-c4ccc(-c5ccccc5)cc4)cn3)ccc2)cccc1-n1cc(-c2ccc(-c3ccccc3)cc2)cn1.c1ccc(-c2ccc(-c3cnn(-c4cccc(Oc5cccc(-n6cc(-c7ccc(-c8ccccc8)cc7)cn6)c5)c4)c3)cc2)cc1. The number of ether oxygens (including phenoxy) is 2. The number of phenols is 1. The Morgan fingerprint density at radius 1 is 0.189 bits per heavy atom. The summed E-state index contributed by atoms with van der Waals surface area (Å²) in [4.78, 5) is 0. The molecule has 0 saturated carbocycles. The van der Waals surface area contributed by atoms with Crippen LogP contribution in [0.4, 0.5) is 0 Å². The summed E-state index contributed by atoms with van der Waals surface area (Å²) in [5.41, 5.74) is 32.7. The standard InChI is InChI=1S/C42H30N4O.C42H28N4O.C21H15BrN2.C21H16N2O.Pt/c2*1-3-9-31(10-4-1)33-17-21-35(22-18-33)37-27-43-45(29-37)39-13-7-15-41(25-39)47-42-16-8-14-40(26-42)46-30-38(28-44-46)36-23-19-34(20-24-36)32-11-5-2-6-12-32;22-20-7-4-8-21(13-20)24-15-19(14-23-24)18-11-9-17(10-12-18)16-5-2-1-3-6-16;24-21-8-4-7-20(13-21)23-15-19(14-22-23)18-11-9-17(10-12-18)16-5-2-1-3-6-16;/h1-30H;1-24,27-30H;1-15H;1-15,24H;/q;-2;;;+2. The summed E-state index contributed by atoms with van der Waals surface area (Å²) >= 11 is 3.50. The van der Waals surface area contributed by atoms with Crippen molar-refractivity contribution in [3.05, 3.63) is 552 Å². The molecule has 0 bridgehead atoms. The molecule has 0 aliphatic rings. The Kier molecular flexibility index (Phi) is 28.5. The van der Waals surface area contributed by atoms with E-state index in [0.717, 1.165) is 117 Å². The largest absolute Gasteiger partial charge is 2.00 e. The van der Waals surface area contributed by atoms with Crippen molar-refractivity contribution in [1.29, 1.82) is 0 Å². The number of benzene rings is 18. The summed E-state index contributed by atoms with van der Waals surface area (Å²) < 4.78 is 24.6. The van der Waals surface area contributed by atoms with Gasteiger partial charge in [-0.05, 0) is 166 Å². The molecule has 6 heterocycles. The van der Waals surface area contributed by atoms with Crippen molar-refractivity contribution in [2.75, 3.05) is 0 Å². The van der Waals surface area contributed by atoms with Gasteiger partial charge in [-0.2, -0.15) is 42.7 Å². The monoisotopic (exact) mass is 2090 g/mol. The van der Waals surface area contributed by atoms with Gasteiger partial charge in [-0.3, -0.25) is 9.36 Å². The summed E-state index contributed by atoms with van der Waals surface area (Å²) in [7, 11) is 0. The van der Waals surface area contributed by atoms with E-state index < -0.39 is 0 Å². The van der Waals surface area contributed by atoms with Gasteiger partial charge in [0.1, 0.15) is 17.2 Å². The Morgan fingerprint density at radius 2 is 0.399 bits per heavy atom. The van der Waals surface area contributed by atoms with Gasteiger partial charge in [0, 0.05) is 105 Å². The third kappa shape index (κ3) is 22.8. The number of hydrogen-bond acceptors (Lipinski definition) is 9. The Labute approximate surface area is 852 Å². The van der Waals surface area contributed by atoms with Crippen LogP contribution in [0.3, 0.4) is 0 Å². The number of aromatic hydroxyl groups is 1. The average molecular weight is 2090 g/mol. The van der Waals surface area contributed by atoms with Gasteiger partial charge in [0.25, 0.3) is 0 Å². The average Bonchev–Trinajstić information content (AvgIpc) is 1.70. The van der Waals surface area contributed by atoms with Gasteiger partial charge < -0.3 is 14.6 Å². The zero-order chi connectivity index (χ0) is 95.5. The van der Waals surface area contributed by atoms with Crippen molar-refractivity contribution in [2.45, 2.75) is 0 Å². The first-order chi connectivity index (χ1) is 70.1. The molecule has 0 amide bonds. The third-order valence-corrected chi connectivity index (χ3v) is 24.7. The molecule has 143 heavy (non-hydrogen) atoms. The topological polar surface area (TPSA) is 146 Å². The van der Waals surface area contributed by atoms with Gasteiger partial charge >= 0.3 is 21.1 Å². The number of halogens is 1. The van der Waals surface area contributed by atoms with E-state index in [0.29, 0.717) is 11.5 Å². The predicted octanol–water partition coefficient (Wildman–Crippen LogP) is 31.5. The van der Waals surface area contributed by atoms with Crippen LogP contribution < -0.4 is 9.47 Å². The maximum absolute atomic E-state index is 9.60. The van der Waals surface area contributed by atoms with Crippen molar-refractivity contribution < 1.29 is 35.6 Å². The predicted molar refractivity (Wildman–Crippen MR) is 574 cm³/mol. The molecule has 0 radical (unpaired) electrons. The van der Waals surface area contributed by atoms with Crippen LogP contribution in [0.2, 0.25) is 0 Å². The molecule has 1 N–H and O–H groups in total. The van der Waals surface area contributed by atoms with Gasteiger partial charge in [0.2, 0.25) is 0 Å². The Morgan fingerprint density at radius 3 is 0.657 bits per heavy atom. The van der Waals surface area contributed by atoms with Gasteiger partial charge in [-0.25, -0.2) is 18.7 Å². The fraction of sp³-hybridized carbons (Fsp3) is 0. The van der Waals surface area contributed by atoms with E-state index in [2.05, 4.69) is 350 Å². The first kappa shape index (κ1) is 92.5. The van der Waals surface area contributed by atoms with E-state index in [-0.39, 0.29) is 26.8 Å². The minimum Gasteiger partial charge on any atom is -0.509 e. The minimum absolute atomic E-state index is 0. The molecule has 0 aliphatic carbocycles. The second-order valence-corrected chi connectivity index (χ2v) is 34.6. The fourth-order valence-corrected chi connectivity index (χ4v) is 17.1. The fourth-order valence-electron chi connectivity index (χ4n) is 16.7. The Bertz CT molecular complexity index is 7490. The van der Waals surface area contributed by atoms with E-state index >= 15 is 0 Å². The number of nitrogens with zero attached hydrogens (tertiary/aromatic N) is 12. The zero-order valence-electron chi connectivity index (χ0n) is 77.1. The van der Waals surface area contributed by atoms with Crippen LogP contribution in [-0.4, -0.2) is 63.8 Å². The third-order valence-electron chi connectivity index (χ3n) is 24.2.